The van der Waals surface area contributed by atoms with Crippen LogP contribution in [0.25, 0.3) is 10.9 Å². The van der Waals surface area contributed by atoms with Crippen LogP contribution in [0.1, 0.15) is 29.3 Å². The van der Waals surface area contributed by atoms with E-state index in [4.69, 9.17) is 4.74 Å². The van der Waals surface area contributed by atoms with Crippen LogP contribution >= 0.6 is 0 Å². The topological polar surface area (TPSA) is 51.2 Å². The maximum absolute atomic E-state index is 12.4. The predicted octanol–water partition coefficient (Wildman–Crippen LogP) is 3.96. The molecule has 0 radical (unpaired) electrons. The highest BCUT2D eigenvalue weighted by Gasteiger charge is 2.07. The summed E-state index contributed by atoms with van der Waals surface area (Å²) in [5.41, 5.74) is 2.47. The minimum absolute atomic E-state index is 0.115. The summed E-state index contributed by atoms with van der Waals surface area (Å²) in [6.45, 7) is 2.80. The zero-order valence-electron chi connectivity index (χ0n) is 14.7. The second kappa shape index (κ2) is 8.68. The Morgan fingerprint density at radius 1 is 1.12 bits per heavy atom. The molecule has 1 heterocycles. The standard InChI is InChI=1S/C22H20N2O2/c1-2-3-4-13-26-20-9-5-7-17(14-20)16-24-22(25)19-10-11-21-18(15-19)8-6-12-23-21/h5-12,14-15H,2,13,16H2,1H3,(H,24,25). The molecule has 4 heteroatoms. The van der Waals surface area contributed by atoms with E-state index in [9.17, 15) is 4.79 Å². The SMILES string of the molecule is CCC#CCOc1cccc(CNC(=O)c2ccc3ncccc3c2)c1. The number of carbonyl (C=O) groups excluding carboxylic acids is 1. The third-order valence-electron chi connectivity index (χ3n) is 3.83. The number of amides is 1. The van der Waals surface area contributed by atoms with E-state index in [2.05, 4.69) is 22.1 Å². The highest BCUT2D eigenvalue weighted by molar-refractivity contribution is 5.97. The fraction of sp³-hybridized carbons (Fsp3) is 0.182. The summed E-state index contributed by atoms with van der Waals surface area (Å²) in [7, 11) is 0. The van der Waals surface area contributed by atoms with Crippen LogP contribution in [0.3, 0.4) is 0 Å². The lowest BCUT2D eigenvalue weighted by atomic mass is 10.1. The highest BCUT2D eigenvalue weighted by atomic mass is 16.5. The fourth-order valence-electron chi connectivity index (χ4n) is 2.54. The van der Waals surface area contributed by atoms with Crippen LogP contribution in [-0.4, -0.2) is 17.5 Å². The smallest absolute Gasteiger partial charge is 0.251 e. The summed E-state index contributed by atoms with van der Waals surface area (Å²) in [6, 6.07) is 17.0. The molecule has 0 saturated heterocycles. The average molecular weight is 344 g/mol. The molecule has 0 atom stereocenters. The van der Waals surface area contributed by atoms with Crippen molar-refractivity contribution in [3.63, 3.8) is 0 Å². The molecule has 0 aliphatic rings. The molecule has 1 amide bonds. The minimum Gasteiger partial charge on any atom is -0.481 e. The van der Waals surface area contributed by atoms with Gasteiger partial charge in [0.2, 0.25) is 0 Å². The van der Waals surface area contributed by atoms with Crippen molar-refractivity contribution >= 4 is 16.8 Å². The van der Waals surface area contributed by atoms with Crippen molar-refractivity contribution in [1.82, 2.24) is 10.3 Å². The molecule has 2 aromatic carbocycles. The Bertz CT molecular complexity index is 970. The maximum atomic E-state index is 12.4. The van der Waals surface area contributed by atoms with Gasteiger partial charge in [0, 0.05) is 30.1 Å². The number of fused-ring (bicyclic) bond motifs is 1. The Morgan fingerprint density at radius 3 is 2.92 bits per heavy atom. The molecule has 4 nitrogen and oxygen atoms in total. The summed E-state index contributed by atoms with van der Waals surface area (Å²) in [4.78, 5) is 16.7. The Labute approximate surface area is 153 Å². The van der Waals surface area contributed by atoms with E-state index in [-0.39, 0.29) is 5.91 Å². The first kappa shape index (κ1) is 17.5. The molecule has 0 unspecified atom stereocenters. The lowest BCUT2D eigenvalue weighted by Gasteiger charge is -2.08. The Hall–Kier alpha value is -3.32. The molecule has 26 heavy (non-hydrogen) atoms. The maximum Gasteiger partial charge on any atom is 0.251 e. The molecule has 130 valence electrons. The van der Waals surface area contributed by atoms with E-state index in [0.29, 0.717) is 18.7 Å². The zero-order chi connectivity index (χ0) is 18.2. The first-order chi connectivity index (χ1) is 12.8. The number of benzene rings is 2. The molecule has 1 N–H and O–H groups in total. The summed E-state index contributed by atoms with van der Waals surface area (Å²) in [6.07, 6.45) is 2.56. The van der Waals surface area contributed by atoms with Crippen molar-refractivity contribution < 1.29 is 9.53 Å². The Morgan fingerprint density at radius 2 is 2.04 bits per heavy atom. The molecule has 0 spiro atoms. The summed E-state index contributed by atoms with van der Waals surface area (Å²) < 4.78 is 5.60. The summed E-state index contributed by atoms with van der Waals surface area (Å²) in [5, 5.41) is 3.89. The third kappa shape index (κ3) is 4.61. The molecule has 0 fully saturated rings. The number of hydrogen-bond acceptors (Lipinski definition) is 3. The second-order valence-electron chi connectivity index (χ2n) is 5.74. The van der Waals surface area contributed by atoms with Crippen molar-refractivity contribution in [3.8, 4) is 17.6 Å². The van der Waals surface area contributed by atoms with Gasteiger partial charge in [-0.1, -0.05) is 31.0 Å². The number of pyridine rings is 1. The van der Waals surface area contributed by atoms with Gasteiger partial charge in [-0.05, 0) is 42.0 Å². The van der Waals surface area contributed by atoms with Gasteiger partial charge in [0.25, 0.3) is 5.91 Å². The molecular formula is C22H20N2O2. The van der Waals surface area contributed by atoms with E-state index < -0.39 is 0 Å². The van der Waals surface area contributed by atoms with E-state index >= 15 is 0 Å². The van der Waals surface area contributed by atoms with Gasteiger partial charge in [-0.2, -0.15) is 0 Å². The van der Waals surface area contributed by atoms with Crippen molar-refractivity contribution in [3.05, 3.63) is 71.9 Å². The third-order valence-corrected chi connectivity index (χ3v) is 3.83. The molecule has 1 aromatic heterocycles. The van der Waals surface area contributed by atoms with E-state index in [1.165, 1.54) is 0 Å². The molecule has 3 aromatic rings. The minimum atomic E-state index is -0.115. The van der Waals surface area contributed by atoms with Crippen LogP contribution in [0.2, 0.25) is 0 Å². The van der Waals surface area contributed by atoms with Crippen molar-refractivity contribution in [2.24, 2.45) is 0 Å². The first-order valence-electron chi connectivity index (χ1n) is 8.56. The Balaban J connectivity index is 1.61. The Kier molecular flexibility index (Phi) is 5.84. The second-order valence-corrected chi connectivity index (χ2v) is 5.74. The number of carbonyl (C=O) groups is 1. The van der Waals surface area contributed by atoms with Gasteiger partial charge in [0.1, 0.15) is 12.4 Å². The lowest BCUT2D eigenvalue weighted by molar-refractivity contribution is 0.0951. The van der Waals surface area contributed by atoms with E-state index in [1.54, 1.807) is 12.3 Å². The number of aromatic nitrogens is 1. The van der Waals surface area contributed by atoms with Gasteiger partial charge in [0.05, 0.1) is 5.52 Å². The van der Waals surface area contributed by atoms with Crippen molar-refractivity contribution in [1.29, 1.82) is 0 Å². The van der Waals surface area contributed by atoms with E-state index in [1.807, 2.05) is 55.5 Å². The largest absolute Gasteiger partial charge is 0.481 e. The molecule has 3 rings (SSSR count). The molecule has 0 aliphatic heterocycles. The number of rotatable bonds is 5. The van der Waals surface area contributed by atoms with Gasteiger partial charge in [-0.15, -0.1) is 5.92 Å². The number of hydrogen-bond donors (Lipinski definition) is 1. The van der Waals surface area contributed by atoms with Crippen LogP contribution in [0.15, 0.2) is 60.8 Å². The van der Waals surface area contributed by atoms with Crippen LogP contribution in [0.4, 0.5) is 0 Å². The normalized spacial score (nSPS) is 10.0. The quantitative estimate of drug-likeness (QED) is 0.713. The number of nitrogens with one attached hydrogen (secondary N) is 1. The van der Waals surface area contributed by atoms with Crippen LogP contribution < -0.4 is 10.1 Å². The van der Waals surface area contributed by atoms with Crippen LogP contribution in [-0.2, 0) is 6.54 Å². The first-order valence-corrected chi connectivity index (χ1v) is 8.56. The van der Waals surface area contributed by atoms with Gasteiger partial charge in [-0.25, -0.2) is 0 Å². The molecule has 0 saturated carbocycles. The lowest BCUT2D eigenvalue weighted by Crippen LogP contribution is -2.22. The number of ether oxygens (including phenoxy) is 1. The summed E-state index contributed by atoms with van der Waals surface area (Å²) in [5.74, 6) is 6.54. The fourth-order valence-corrected chi connectivity index (χ4v) is 2.54. The van der Waals surface area contributed by atoms with E-state index in [0.717, 1.165) is 28.6 Å². The van der Waals surface area contributed by atoms with Crippen molar-refractivity contribution in [2.45, 2.75) is 19.9 Å². The zero-order valence-corrected chi connectivity index (χ0v) is 14.7. The molecular weight excluding hydrogens is 324 g/mol. The van der Waals surface area contributed by atoms with Crippen LogP contribution in [0.5, 0.6) is 5.75 Å². The van der Waals surface area contributed by atoms with Gasteiger partial charge in [0.15, 0.2) is 0 Å². The number of nitrogens with zero attached hydrogens (tertiary/aromatic N) is 1. The van der Waals surface area contributed by atoms with Crippen molar-refractivity contribution in [2.75, 3.05) is 6.61 Å². The highest BCUT2D eigenvalue weighted by Crippen LogP contribution is 2.15. The van der Waals surface area contributed by atoms with Crippen LogP contribution in [0, 0.1) is 11.8 Å². The van der Waals surface area contributed by atoms with Gasteiger partial charge in [-0.3, -0.25) is 9.78 Å². The summed E-state index contributed by atoms with van der Waals surface area (Å²) >= 11 is 0. The molecule has 0 bridgehead atoms. The predicted molar refractivity (Wildman–Crippen MR) is 103 cm³/mol. The van der Waals surface area contributed by atoms with Gasteiger partial charge >= 0.3 is 0 Å². The van der Waals surface area contributed by atoms with Gasteiger partial charge < -0.3 is 10.1 Å². The monoisotopic (exact) mass is 344 g/mol. The average Bonchev–Trinajstić information content (AvgIpc) is 2.69. The molecule has 0 aliphatic carbocycles.